The average molecular weight is 354 g/mol. The number of hydrogen-bond donors (Lipinski definition) is 2. The number of hydrogen-bond acceptors (Lipinski definition) is 5. The van der Waals surface area contributed by atoms with Crippen molar-refractivity contribution in [2.24, 2.45) is 11.7 Å². The first-order chi connectivity index (χ1) is 12.7. The largest absolute Gasteiger partial charge is 0.356 e. The summed E-state index contributed by atoms with van der Waals surface area (Å²) in [7, 11) is 0. The topological polar surface area (TPSA) is 83.7 Å². The highest BCUT2D eigenvalue weighted by Crippen LogP contribution is 2.30. The van der Waals surface area contributed by atoms with Crippen molar-refractivity contribution >= 4 is 16.9 Å². The molecule has 1 fully saturated rings. The Hall–Kier alpha value is -2.54. The van der Waals surface area contributed by atoms with Crippen molar-refractivity contribution in [3.8, 4) is 11.4 Å². The van der Waals surface area contributed by atoms with Crippen LogP contribution < -0.4 is 10.6 Å². The molecule has 3 aromatic rings. The van der Waals surface area contributed by atoms with Gasteiger partial charge in [-0.25, -0.2) is 14.4 Å². The number of aromatic amines is 1. The maximum Gasteiger partial charge on any atom is 0.155 e. The molecule has 2 unspecified atom stereocenters. The Morgan fingerprint density at radius 3 is 3.08 bits per heavy atom. The van der Waals surface area contributed by atoms with E-state index < -0.39 is 0 Å². The summed E-state index contributed by atoms with van der Waals surface area (Å²) in [6.07, 6.45) is 4.85. The third kappa shape index (κ3) is 3.03. The molecule has 2 atom stereocenters. The standard InChI is InChI=1S/C19H23FN6/c1-2-15(21)12-5-4-10-26(11-12)16-8-7-14(20)18(23-16)17-13-6-3-9-22-19(13)25-24-17/h3,6-9,12,15H,2,4-5,10-11,21H2,1H3,(H,22,24,25). The van der Waals surface area contributed by atoms with E-state index in [1.165, 1.54) is 6.07 Å². The van der Waals surface area contributed by atoms with E-state index in [1.807, 2.05) is 12.1 Å². The van der Waals surface area contributed by atoms with Gasteiger partial charge in [-0.15, -0.1) is 0 Å². The van der Waals surface area contributed by atoms with E-state index in [9.17, 15) is 4.39 Å². The van der Waals surface area contributed by atoms with Crippen LogP contribution in [-0.2, 0) is 0 Å². The van der Waals surface area contributed by atoms with Crippen LogP contribution in [0.25, 0.3) is 22.4 Å². The normalized spacial score (nSPS) is 19.0. The van der Waals surface area contributed by atoms with Gasteiger partial charge in [0.15, 0.2) is 11.5 Å². The predicted octanol–water partition coefficient (Wildman–Crippen LogP) is 3.11. The van der Waals surface area contributed by atoms with Gasteiger partial charge in [-0.05, 0) is 49.4 Å². The number of nitrogens with two attached hydrogens (primary N) is 1. The fourth-order valence-corrected chi connectivity index (χ4v) is 3.71. The van der Waals surface area contributed by atoms with Crippen LogP contribution in [0.2, 0.25) is 0 Å². The number of fused-ring (bicyclic) bond motifs is 1. The van der Waals surface area contributed by atoms with E-state index in [-0.39, 0.29) is 17.6 Å². The molecule has 1 aliphatic rings. The SMILES string of the molecule is CCC(N)C1CCCN(c2ccc(F)c(-c3n[nH]c4ncccc34)n2)C1. The van der Waals surface area contributed by atoms with Gasteiger partial charge in [-0.3, -0.25) is 5.10 Å². The molecule has 26 heavy (non-hydrogen) atoms. The molecular formula is C19H23FN6. The molecular weight excluding hydrogens is 331 g/mol. The Labute approximate surface area is 151 Å². The molecule has 0 radical (unpaired) electrons. The number of aromatic nitrogens is 4. The lowest BCUT2D eigenvalue weighted by Crippen LogP contribution is -2.43. The second kappa shape index (κ2) is 6.99. The van der Waals surface area contributed by atoms with E-state index in [2.05, 4.69) is 32.0 Å². The van der Waals surface area contributed by atoms with Crippen LogP contribution in [0.4, 0.5) is 10.2 Å². The molecule has 1 saturated heterocycles. The number of anilines is 1. The number of halogens is 1. The van der Waals surface area contributed by atoms with Crippen LogP contribution in [0.15, 0.2) is 30.5 Å². The summed E-state index contributed by atoms with van der Waals surface area (Å²) >= 11 is 0. The molecule has 1 aliphatic heterocycles. The van der Waals surface area contributed by atoms with Crippen molar-refractivity contribution in [2.45, 2.75) is 32.2 Å². The third-order valence-corrected chi connectivity index (χ3v) is 5.25. The second-order valence-corrected chi connectivity index (χ2v) is 6.89. The third-order valence-electron chi connectivity index (χ3n) is 5.25. The number of H-pyrrole nitrogens is 1. The molecule has 136 valence electrons. The van der Waals surface area contributed by atoms with Crippen molar-refractivity contribution in [2.75, 3.05) is 18.0 Å². The number of rotatable bonds is 4. The molecule has 4 heterocycles. The lowest BCUT2D eigenvalue weighted by atomic mass is 9.90. The number of nitrogens with one attached hydrogen (secondary N) is 1. The van der Waals surface area contributed by atoms with Crippen LogP contribution in [0, 0.1) is 11.7 Å². The van der Waals surface area contributed by atoms with Gasteiger partial charge in [0.2, 0.25) is 0 Å². The summed E-state index contributed by atoms with van der Waals surface area (Å²) in [5.41, 5.74) is 7.62. The van der Waals surface area contributed by atoms with E-state index in [0.29, 0.717) is 17.3 Å². The van der Waals surface area contributed by atoms with Gasteiger partial charge in [-0.1, -0.05) is 6.92 Å². The molecule has 3 aromatic heterocycles. The lowest BCUT2D eigenvalue weighted by molar-refractivity contribution is 0.342. The van der Waals surface area contributed by atoms with Gasteiger partial charge in [0.25, 0.3) is 0 Å². The minimum Gasteiger partial charge on any atom is -0.356 e. The van der Waals surface area contributed by atoms with Gasteiger partial charge in [0.05, 0.1) is 0 Å². The van der Waals surface area contributed by atoms with E-state index >= 15 is 0 Å². The Morgan fingerprint density at radius 2 is 2.23 bits per heavy atom. The summed E-state index contributed by atoms with van der Waals surface area (Å²) in [5.74, 6) is 0.832. The van der Waals surface area contributed by atoms with Gasteiger partial charge in [-0.2, -0.15) is 5.10 Å². The molecule has 0 saturated carbocycles. The Morgan fingerprint density at radius 1 is 1.35 bits per heavy atom. The number of pyridine rings is 2. The zero-order valence-corrected chi connectivity index (χ0v) is 14.8. The Kier molecular flexibility index (Phi) is 4.55. The first-order valence-corrected chi connectivity index (χ1v) is 9.14. The highest BCUT2D eigenvalue weighted by Gasteiger charge is 2.26. The molecule has 0 spiro atoms. The van der Waals surface area contributed by atoms with E-state index in [1.54, 1.807) is 12.3 Å². The Balaban J connectivity index is 1.68. The van der Waals surface area contributed by atoms with Crippen molar-refractivity contribution in [3.05, 3.63) is 36.3 Å². The quantitative estimate of drug-likeness (QED) is 0.752. The number of piperidine rings is 1. The Bertz CT molecular complexity index is 908. The first-order valence-electron chi connectivity index (χ1n) is 9.14. The molecule has 6 nitrogen and oxygen atoms in total. The molecule has 7 heteroatoms. The maximum absolute atomic E-state index is 14.5. The highest BCUT2D eigenvalue weighted by molar-refractivity contribution is 5.89. The minimum atomic E-state index is -0.384. The van der Waals surface area contributed by atoms with Crippen LogP contribution in [-0.4, -0.2) is 39.3 Å². The van der Waals surface area contributed by atoms with Crippen molar-refractivity contribution in [3.63, 3.8) is 0 Å². The fourth-order valence-electron chi connectivity index (χ4n) is 3.71. The summed E-state index contributed by atoms with van der Waals surface area (Å²) in [6.45, 7) is 3.89. The van der Waals surface area contributed by atoms with Gasteiger partial charge in [0.1, 0.15) is 17.2 Å². The molecule has 0 bridgehead atoms. The van der Waals surface area contributed by atoms with Gasteiger partial charge in [0, 0.05) is 30.7 Å². The molecule has 3 N–H and O–H groups in total. The number of nitrogens with zero attached hydrogens (tertiary/aromatic N) is 4. The second-order valence-electron chi connectivity index (χ2n) is 6.89. The van der Waals surface area contributed by atoms with Crippen molar-refractivity contribution in [1.82, 2.24) is 20.2 Å². The van der Waals surface area contributed by atoms with Crippen LogP contribution in [0.5, 0.6) is 0 Å². The van der Waals surface area contributed by atoms with Crippen LogP contribution in [0.3, 0.4) is 0 Å². The molecule has 0 amide bonds. The van der Waals surface area contributed by atoms with Crippen LogP contribution >= 0.6 is 0 Å². The zero-order valence-electron chi connectivity index (χ0n) is 14.8. The monoisotopic (exact) mass is 354 g/mol. The molecule has 0 aliphatic carbocycles. The van der Waals surface area contributed by atoms with E-state index in [4.69, 9.17) is 5.73 Å². The summed E-state index contributed by atoms with van der Waals surface area (Å²) in [6, 6.07) is 7.08. The average Bonchev–Trinajstić information content (AvgIpc) is 3.12. The van der Waals surface area contributed by atoms with E-state index in [0.717, 1.165) is 43.6 Å². The lowest BCUT2D eigenvalue weighted by Gasteiger charge is -2.36. The smallest absolute Gasteiger partial charge is 0.155 e. The predicted molar refractivity (Wildman–Crippen MR) is 100 cm³/mol. The summed E-state index contributed by atoms with van der Waals surface area (Å²) < 4.78 is 14.5. The maximum atomic E-state index is 14.5. The highest BCUT2D eigenvalue weighted by atomic mass is 19.1. The summed E-state index contributed by atoms with van der Waals surface area (Å²) in [5, 5.41) is 7.85. The van der Waals surface area contributed by atoms with Gasteiger partial charge >= 0.3 is 0 Å². The molecule has 0 aromatic carbocycles. The van der Waals surface area contributed by atoms with Gasteiger partial charge < -0.3 is 10.6 Å². The minimum absolute atomic E-state index is 0.194. The van der Waals surface area contributed by atoms with Crippen LogP contribution in [0.1, 0.15) is 26.2 Å². The van der Waals surface area contributed by atoms with Crippen molar-refractivity contribution in [1.29, 1.82) is 0 Å². The zero-order chi connectivity index (χ0) is 18.1. The fraction of sp³-hybridized carbons (Fsp3) is 0.421. The first kappa shape index (κ1) is 16.9. The molecule has 4 rings (SSSR count). The summed E-state index contributed by atoms with van der Waals surface area (Å²) in [4.78, 5) is 11.0. The van der Waals surface area contributed by atoms with Crippen molar-refractivity contribution < 1.29 is 4.39 Å².